The third-order valence-electron chi connectivity index (χ3n) is 3.30. The van der Waals surface area contributed by atoms with Crippen molar-refractivity contribution in [2.75, 3.05) is 13.1 Å². The van der Waals surface area contributed by atoms with Crippen LogP contribution in [0.4, 0.5) is 0 Å². The molecule has 1 aromatic heterocycles. The van der Waals surface area contributed by atoms with Gasteiger partial charge in [-0.3, -0.25) is 4.68 Å². The Bertz CT molecular complexity index is 501. The largest absolute Gasteiger partial charge is 0.316 e. The summed E-state index contributed by atoms with van der Waals surface area (Å²) in [6, 6.07) is 8.46. The van der Waals surface area contributed by atoms with Crippen molar-refractivity contribution in [1.29, 1.82) is 0 Å². The predicted molar refractivity (Wildman–Crippen MR) is 76.7 cm³/mol. The summed E-state index contributed by atoms with van der Waals surface area (Å²) in [6.07, 6.45) is 2.23. The number of nitrogens with zero attached hydrogens (tertiary/aromatic N) is 2. The van der Waals surface area contributed by atoms with Gasteiger partial charge in [-0.1, -0.05) is 32.0 Å². The molecular formula is C15H23N3. The van der Waals surface area contributed by atoms with Gasteiger partial charge in [-0.25, -0.2) is 0 Å². The highest BCUT2D eigenvalue weighted by Gasteiger charge is 2.11. The van der Waals surface area contributed by atoms with E-state index in [1.165, 1.54) is 23.0 Å². The van der Waals surface area contributed by atoms with E-state index in [0.717, 1.165) is 19.5 Å². The van der Waals surface area contributed by atoms with Crippen LogP contribution < -0.4 is 5.32 Å². The van der Waals surface area contributed by atoms with E-state index in [0.29, 0.717) is 5.92 Å². The SMILES string of the molecule is CCCNCC(C)Cc1nn(C)c2ccccc12. The molecule has 0 aliphatic rings. The second kappa shape index (κ2) is 6.01. The van der Waals surface area contributed by atoms with Gasteiger partial charge in [0.15, 0.2) is 0 Å². The number of para-hydroxylation sites is 1. The van der Waals surface area contributed by atoms with Crippen molar-refractivity contribution in [2.24, 2.45) is 13.0 Å². The van der Waals surface area contributed by atoms with Crippen LogP contribution in [0, 0.1) is 5.92 Å². The van der Waals surface area contributed by atoms with Crippen LogP contribution in [0.3, 0.4) is 0 Å². The van der Waals surface area contributed by atoms with Crippen molar-refractivity contribution in [3.63, 3.8) is 0 Å². The van der Waals surface area contributed by atoms with Crippen LogP contribution in [0.1, 0.15) is 26.0 Å². The number of aromatic nitrogens is 2. The molecule has 1 aromatic carbocycles. The second-order valence-electron chi connectivity index (χ2n) is 5.10. The topological polar surface area (TPSA) is 29.9 Å². The smallest absolute Gasteiger partial charge is 0.0706 e. The highest BCUT2D eigenvalue weighted by molar-refractivity contribution is 5.81. The summed E-state index contributed by atoms with van der Waals surface area (Å²) in [6.45, 7) is 6.65. The Balaban J connectivity index is 2.07. The first kappa shape index (κ1) is 13.1. The van der Waals surface area contributed by atoms with Gasteiger partial charge in [0.25, 0.3) is 0 Å². The van der Waals surface area contributed by atoms with Crippen molar-refractivity contribution in [3.8, 4) is 0 Å². The lowest BCUT2D eigenvalue weighted by molar-refractivity contribution is 0.504. The van der Waals surface area contributed by atoms with Gasteiger partial charge in [0, 0.05) is 12.4 Å². The fraction of sp³-hybridized carbons (Fsp3) is 0.533. The molecule has 1 N–H and O–H groups in total. The minimum Gasteiger partial charge on any atom is -0.316 e. The molecule has 0 radical (unpaired) electrons. The number of hydrogen-bond donors (Lipinski definition) is 1. The molecule has 0 aliphatic heterocycles. The van der Waals surface area contributed by atoms with Crippen LogP contribution in [0.5, 0.6) is 0 Å². The molecule has 0 aliphatic carbocycles. The van der Waals surface area contributed by atoms with Crippen molar-refractivity contribution >= 4 is 10.9 Å². The van der Waals surface area contributed by atoms with Crippen LogP contribution in [-0.2, 0) is 13.5 Å². The molecule has 0 saturated heterocycles. The summed E-state index contributed by atoms with van der Waals surface area (Å²) in [5.74, 6) is 0.620. The van der Waals surface area contributed by atoms with E-state index >= 15 is 0 Å². The summed E-state index contributed by atoms with van der Waals surface area (Å²) in [5, 5.41) is 9.42. The van der Waals surface area contributed by atoms with Crippen LogP contribution in [0.15, 0.2) is 24.3 Å². The molecule has 0 fully saturated rings. The lowest BCUT2D eigenvalue weighted by atomic mass is 10.0. The number of hydrogen-bond acceptors (Lipinski definition) is 2. The van der Waals surface area contributed by atoms with Crippen molar-refractivity contribution in [1.82, 2.24) is 15.1 Å². The van der Waals surface area contributed by atoms with Crippen molar-refractivity contribution in [3.05, 3.63) is 30.0 Å². The Kier molecular flexibility index (Phi) is 4.37. The van der Waals surface area contributed by atoms with Gasteiger partial charge < -0.3 is 5.32 Å². The quantitative estimate of drug-likeness (QED) is 0.793. The Hall–Kier alpha value is -1.35. The van der Waals surface area contributed by atoms with Crippen molar-refractivity contribution in [2.45, 2.75) is 26.7 Å². The molecule has 2 aromatic rings. The molecule has 0 bridgehead atoms. The molecule has 1 atom stereocenters. The monoisotopic (exact) mass is 245 g/mol. The first-order valence-electron chi connectivity index (χ1n) is 6.83. The van der Waals surface area contributed by atoms with E-state index in [9.17, 15) is 0 Å². The van der Waals surface area contributed by atoms with Crippen LogP contribution in [0.2, 0.25) is 0 Å². The molecule has 98 valence electrons. The predicted octanol–water partition coefficient (Wildman–Crippen LogP) is 2.75. The molecule has 3 heteroatoms. The van der Waals surface area contributed by atoms with E-state index < -0.39 is 0 Å². The van der Waals surface area contributed by atoms with Gasteiger partial charge >= 0.3 is 0 Å². The number of rotatable bonds is 6. The second-order valence-corrected chi connectivity index (χ2v) is 5.10. The maximum absolute atomic E-state index is 4.65. The summed E-state index contributed by atoms with van der Waals surface area (Å²) in [7, 11) is 2.02. The molecular weight excluding hydrogens is 222 g/mol. The zero-order chi connectivity index (χ0) is 13.0. The molecule has 1 unspecified atom stereocenters. The number of nitrogens with one attached hydrogen (secondary N) is 1. The Morgan fingerprint density at radius 1 is 1.33 bits per heavy atom. The van der Waals surface area contributed by atoms with Crippen molar-refractivity contribution < 1.29 is 0 Å². The average Bonchev–Trinajstić information content (AvgIpc) is 2.67. The fourth-order valence-electron chi connectivity index (χ4n) is 2.37. The lowest BCUT2D eigenvalue weighted by Gasteiger charge is -2.10. The fourth-order valence-corrected chi connectivity index (χ4v) is 2.37. The van der Waals surface area contributed by atoms with Crippen LogP contribution in [0.25, 0.3) is 10.9 Å². The summed E-state index contributed by atoms with van der Waals surface area (Å²) >= 11 is 0. The van der Waals surface area contributed by atoms with E-state index in [2.05, 4.69) is 48.5 Å². The third kappa shape index (κ3) is 2.91. The Morgan fingerprint density at radius 3 is 2.89 bits per heavy atom. The van der Waals surface area contributed by atoms with Crippen LogP contribution >= 0.6 is 0 Å². The third-order valence-corrected chi connectivity index (χ3v) is 3.30. The normalized spacial score (nSPS) is 13.1. The van der Waals surface area contributed by atoms with E-state index in [1.807, 2.05) is 11.7 Å². The first-order valence-corrected chi connectivity index (χ1v) is 6.83. The highest BCUT2D eigenvalue weighted by Crippen LogP contribution is 2.19. The summed E-state index contributed by atoms with van der Waals surface area (Å²) in [5.41, 5.74) is 2.44. The minimum absolute atomic E-state index is 0.620. The molecule has 2 rings (SSSR count). The zero-order valence-electron chi connectivity index (χ0n) is 11.6. The number of fused-ring (bicyclic) bond motifs is 1. The van der Waals surface area contributed by atoms with E-state index in [4.69, 9.17) is 0 Å². The molecule has 0 spiro atoms. The first-order chi connectivity index (χ1) is 8.72. The zero-order valence-corrected chi connectivity index (χ0v) is 11.6. The minimum atomic E-state index is 0.620. The maximum atomic E-state index is 4.65. The number of aryl methyl sites for hydroxylation is 1. The number of benzene rings is 1. The Labute approximate surface area is 109 Å². The lowest BCUT2D eigenvalue weighted by Crippen LogP contribution is -2.23. The molecule has 0 saturated carbocycles. The Morgan fingerprint density at radius 2 is 2.11 bits per heavy atom. The maximum Gasteiger partial charge on any atom is 0.0706 e. The summed E-state index contributed by atoms with van der Waals surface area (Å²) in [4.78, 5) is 0. The van der Waals surface area contributed by atoms with E-state index in [1.54, 1.807) is 0 Å². The molecule has 1 heterocycles. The van der Waals surface area contributed by atoms with Gasteiger partial charge in [0.2, 0.25) is 0 Å². The highest BCUT2D eigenvalue weighted by atomic mass is 15.3. The van der Waals surface area contributed by atoms with E-state index in [-0.39, 0.29) is 0 Å². The van der Waals surface area contributed by atoms with Gasteiger partial charge in [-0.05, 0) is 37.9 Å². The summed E-state index contributed by atoms with van der Waals surface area (Å²) < 4.78 is 1.98. The molecule has 18 heavy (non-hydrogen) atoms. The van der Waals surface area contributed by atoms with Gasteiger partial charge in [-0.15, -0.1) is 0 Å². The molecule has 3 nitrogen and oxygen atoms in total. The average molecular weight is 245 g/mol. The van der Waals surface area contributed by atoms with Crippen LogP contribution in [-0.4, -0.2) is 22.9 Å². The standard InChI is InChI=1S/C15H23N3/c1-4-9-16-11-12(2)10-14-13-7-5-6-8-15(13)18(3)17-14/h5-8,12,16H,4,9-11H2,1-3H3. The van der Waals surface area contributed by atoms with Gasteiger partial charge in [0.05, 0.1) is 11.2 Å². The van der Waals surface area contributed by atoms with Gasteiger partial charge in [-0.2, -0.15) is 5.10 Å². The molecule has 0 amide bonds. The van der Waals surface area contributed by atoms with Gasteiger partial charge in [0.1, 0.15) is 0 Å².